The van der Waals surface area contributed by atoms with Gasteiger partial charge in [-0.2, -0.15) is 0 Å². The molecule has 0 amide bonds. The molecule has 2 aliphatic heterocycles. The molecule has 388 valence electrons. The van der Waals surface area contributed by atoms with Gasteiger partial charge in [-0.05, 0) is 12.8 Å². The Hall–Kier alpha value is -0.540. The van der Waals surface area contributed by atoms with E-state index in [0.717, 1.165) is 51.4 Å². The number of sulfone groups is 2. The summed E-state index contributed by atoms with van der Waals surface area (Å²) in [4.78, 5) is 0. The van der Waals surface area contributed by atoms with Gasteiger partial charge in [0.1, 0.15) is 48.8 Å². The number of rotatable bonds is 41. The zero-order valence-corrected chi connectivity index (χ0v) is 41.9. The molecule has 2 saturated heterocycles. The van der Waals surface area contributed by atoms with E-state index in [1.165, 1.54) is 116 Å². The SMILES string of the molecule is CCCCCCCCCCCCCCCCS(=O)(=O)CC(CO[C@H]1O[C@H](CO)[C@@H](O[C@@H]2O[C@H](CO)[C@H](O)[C@H](O)[C@H]2O)[C@H](O)[C@H]1O)CS(=O)(=O)CCCCCCCCCCCCCCCC. The lowest BCUT2D eigenvalue weighted by atomic mass is 9.97. The van der Waals surface area contributed by atoms with Gasteiger partial charge < -0.3 is 54.7 Å². The van der Waals surface area contributed by atoms with Gasteiger partial charge in [0.15, 0.2) is 32.3 Å². The molecule has 0 aromatic carbocycles. The Labute approximate surface area is 393 Å². The molecule has 2 heterocycles. The molecular weight excluding hydrogens is 881 g/mol. The van der Waals surface area contributed by atoms with Gasteiger partial charge in [0, 0.05) is 5.92 Å². The normalized spacial score (nSPS) is 26.6. The number of hydrogen-bond acceptors (Lipinski definition) is 15. The van der Waals surface area contributed by atoms with Crippen LogP contribution in [0.15, 0.2) is 0 Å². The van der Waals surface area contributed by atoms with Gasteiger partial charge in [-0.15, -0.1) is 0 Å². The predicted molar refractivity (Wildman–Crippen MR) is 254 cm³/mol. The fourth-order valence-electron chi connectivity index (χ4n) is 8.99. The van der Waals surface area contributed by atoms with Crippen LogP contribution in [0.25, 0.3) is 0 Å². The van der Waals surface area contributed by atoms with Crippen LogP contribution in [-0.2, 0) is 38.6 Å². The third kappa shape index (κ3) is 25.8. The lowest BCUT2D eigenvalue weighted by Gasteiger charge is -2.46. The van der Waals surface area contributed by atoms with Gasteiger partial charge in [0.2, 0.25) is 0 Å². The summed E-state index contributed by atoms with van der Waals surface area (Å²) in [5.74, 6) is -2.11. The Bertz CT molecular complexity index is 1300. The van der Waals surface area contributed by atoms with Crippen molar-refractivity contribution in [2.75, 3.05) is 42.8 Å². The van der Waals surface area contributed by atoms with Crippen LogP contribution in [0, 0.1) is 5.92 Å². The first-order valence-corrected chi connectivity index (χ1v) is 29.4. The molecule has 0 unspecified atom stereocenters. The van der Waals surface area contributed by atoms with E-state index in [2.05, 4.69) is 13.8 Å². The summed E-state index contributed by atoms with van der Waals surface area (Å²) in [6.07, 6.45) is 15.1. The Morgan fingerprint density at radius 1 is 0.431 bits per heavy atom. The van der Waals surface area contributed by atoms with Crippen LogP contribution >= 0.6 is 0 Å². The van der Waals surface area contributed by atoms with Crippen molar-refractivity contribution in [2.24, 2.45) is 5.92 Å². The number of hydrogen-bond donors (Lipinski definition) is 7. The largest absolute Gasteiger partial charge is 0.394 e. The van der Waals surface area contributed by atoms with Crippen LogP contribution in [0.3, 0.4) is 0 Å². The molecule has 2 rings (SSSR count). The number of aliphatic hydroxyl groups excluding tert-OH is 7. The lowest BCUT2D eigenvalue weighted by molar-refractivity contribution is -0.359. The van der Waals surface area contributed by atoms with Crippen molar-refractivity contribution in [3.05, 3.63) is 0 Å². The van der Waals surface area contributed by atoms with Crippen molar-refractivity contribution in [1.82, 2.24) is 0 Å². The third-order valence-corrected chi connectivity index (χ3v) is 16.8. The van der Waals surface area contributed by atoms with E-state index in [0.29, 0.717) is 12.8 Å². The third-order valence-electron chi connectivity index (χ3n) is 13.1. The average Bonchev–Trinajstić information content (AvgIpc) is 3.27. The second kappa shape index (κ2) is 35.5. The van der Waals surface area contributed by atoms with Crippen LogP contribution in [0.4, 0.5) is 0 Å². The molecule has 0 radical (unpaired) electrons. The Kier molecular flexibility index (Phi) is 33.1. The first kappa shape index (κ1) is 60.6. The van der Waals surface area contributed by atoms with Crippen molar-refractivity contribution >= 4 is 19.7 Å². The van der Waals surface area contributed by atoms with Crippen LogP contribution in [-0.4, -0.2) is 157 Å². The van der Waals surface area contributed by atoms with Crippen LogP contribution in [0.5, 0.6) is 0 Å². The molecule has 15 nitrogen and oxygen atoms in total. The van der Waals surface area contributed by atoms with Crippen molar-refractivity contribution in [3.8, 4) is 0 Å². The van der Waals surface area contributed by atoms with Gasteiger partial charge in [-0.25, -0.2) is 16.8 Å². The second-order valence-electron chi connectivity index (χ2n) is 19.1. The predicted octanol–water partition coefficient (Wildman–Crippen LogP) is 6.04. The molecule has 7 N–H and O–H groups in total. The molecule has 0 aromatic rings. The Morgan fingerprint density at radius 3 is 1.14 bits per heavy atom. The molecule has 0 bridgehead atoms. The maximum atomic E-state index is 13.5. The van der Waals surface area contributed by atoms with Crippen LogP contribution in [0.1, 0.15) is 194 Å². The Balaban J connectivity index is 1.92. The minimum atomic E-state index is -3.71. The second-order valence-corrected chi connectivity index (χ2v) is 23.6. The summed E-state index contributed by atoms with van der Waals surface area (Å²) >= 11 is 0. The van der Waals surface area contributed by atoms with E-state index in [-0.39, 0.29) is 11.5 Å². The maximum absolute atomic E-state index is 13.5. The number of aliphatic hydroxyl groups is 7. The van der Waals surface area contributed by atoms with Crippen molar-refractivity contribution in [2.45, 2.75) is 255 Å². The Morgan fingerprint density at radius 2 is 0.769 bits per heavy atom. The highest BCUT2D eigenvalue weighted by Crippen LogP contribution is 2.30. The molecule has 0 aromatic heterocycles. The van der Waals surface area contributed by atoms with Gasteiger partial charge in [0.05, 0.1) is 42.8 Å². The molecule has 2 aliphatic rings. The van der Waals surface area contributed by atoms with E-state index in [1.54, 1.807) is 0 Å². The molecule has 10 atom stereocenters. The van der Waals surface area contributed by atoms with Gasteiger partial charge in [-0.1, -0.05) is 181 Å². The van der Waals surface area contributed by atoms with Gasteiger partial charge >= 0.3 is 0 Å². The number of unbranched alkanes of at least 4 members (excludes halogenated alkanes) is 26. The molecular formula is C48H94O15S2. The molecule has 0 saturated carbocycles. The minimum Gasteiger partial charge on any atom is -0.394 e. The summed E-state index contributed by atoms with van der Waals surface area (Å²) in [5.41, 5.74) is 0. The lowest BCUT2D eigenvalue weighted by Crippen LogP contribution is -2.64. The standard InChI is InChI=1S/C48H94O15S2/c1-3-5-7-9-11-13-15-17-19-21-23-25-27-29-31-64(56,57)36-38(37-65(58,59)32-30-28-26-24-22-20-18-16-14-12-10-8-6-4-2)35-60-47-45(55)43(53)46(40(34-50)62-47)63-48-44(54)42(52)41(51)39(33-49)61-48/h38-55H,3-37H2,1-2H3/t39-,40-,41+,42+,43-,44-,45-,46-,47+,48+/m1/s1. The smallest absolute Gasteiger partial charge is 0.187 e. The monoisotopic (exact) mass is 975 g/mol. The van der Waals surface area contributed by atoms with E-state index in [1.807, 2.05) is 0 Å². The van der Waals surface area contributed by atoms with Gasteiger partial charge in [0.25, 0.3) is 0 Å². The molecule has 2 fully saturated rings. The fraction of sp³-hybridized carbons (Fsp3) is 1.00. The highest BCUT2D eigenvalue weighted by atomic mass is 32.2. The van der Waals surface area contributed by atoms with E-state index >= 15 is 0 Å². The highest BCUT2D eigenvalue weighted by molar-refractivity contribution is 7.92. The van der Waals surface area contributed by atoms with Crippen molar-refractivity contribution in [1.29, 1.82) is 0 Å². The first-order chi connectivity index (χ1) is 31.2. The molecule has 17 heteroatoms. The summed E-state index contributed by atoms with van der Waals surface area (Å²) in [5, 5.41) is 72.6. The molecule has 0 aliphatic carbocycles. The summed E-state index contributed by atoms with van der Waals surface area (Å²) in [7, 11) is -7.42. The van der Waals surface area contributed by atoms with E-state index in [4.69, 9.17) is 18.9 Å². The zero-order valence-electron chi connectivity index (χ0n) is 40.3. The first-order valence-electron chi connectivity index (χ1n) is 25.8. The zero-order chi connectivity index (χ0) is 47.9. The average molecular weight is 975 g/mol. The van der Waals surface area contributed by atoms with Crippen molar-refractivity contribution < 1.29 is 71.5 Å². The van der Waals surface area contributed by atoms with E-state index in [9.17, 15) is 52.6 Å². The topological polar surface area (TPSA) is 247 Å². The summed E-state index contributed by atoms with van der Waals surface area (Å²) < 4.78 is 76.3. The quantitative estimate of drug-likeness (QED) is 0.0346. The van der Waals surface area contributed by atoms with Crippen LogP contribution in [0.2, 0.25) is 0 Å². The maximum Gasteiger partial charge on any atom is 0.187 e. The fourth-order valence-corrected chi connectivity index (χ4v) is 12.6. The summed E-state index contributed by atoms with van der Waals surface area (Å²) in [6, 6.07) is 0. The summed E-state index contributed by atoms with van der Waals surface area (Å²) in [6.45, 7) is 2.49. The minimum absolute atomic E-state index is 0.0919. The van der Waals surface area contributed by atoms with Crippen molar-refractivity contribution in [3.63, 3.8) is 0 Å². The van der Waals surface area contributed by atoms with Crippen LogP contribution < -0.4 is 0 Å². The number of ether oxygens (including phenoxy) is 4. The molecule has 0 spiro atoms. The van der Waals surface area contributed by atoms with E-state index < -0.39 is 118 Å². The van der Waals surface area contributed by atoms with Gasteiger partial charge in [-0.3, -0.25) is 0 Å². The highest BCUT2D eigenvalue weighted by Gasteiger charge is 2.51. The molecule has 65 heavy (non-hydrogen) atoms.